The molecule has 2 amide bonds. The number of nitrogens with zero attached hydrogens (tertiary/aromatic N) is 7. The number of ether oxygens (including phenoxy) is 2. The van der Waals surface area contributed by atoms with Gasteiger partial charge in [-0.2, -0.15) is 15.2 Å². The Labute approximate surface area is 324 Å². The van der Waals surface area contributed by atoms with E-state index in [9.17, 15) is 20.0 Å². The number of hydrogen-bond acceptors (Lipinski definition) is 10. The Morgan fingerprint density at radius 1 is 1.06 bits per heavy atom. The summed E-state index contributed by atoms with van der Waals surface area (Å²) in [6, 6.07) is 15.4. The molecule has 1 aromatic heterocycles. The fourth-order valence-corrected chi connectivity index (χ4v) is 8.71. The molecule has 290 valence electrons. The molecule has 13 nitrogen and oxygen atoms in total. The molecular weight excluding hydrogens is 724 g/mol. The smallest absolute Gasteiger partial charge is 0.407 e. The van der Waals surface area contributed by atoms with Crippen LogP contribution in [0.5, 0.6) is 6.01 Å². The van der Waals surface area contributed by atoms with Gasteiger partial charge in [-0.05, 0) is 68.8 Å². The number of anilines is 2. The molecule has 0 bridgehead atoms. The Bertz CT molecular complexity index is 1830. The molecule has 3 aliphatic rings. The van der Waals surface area contributed by atoms with Crippen LogP contribution in [0.4, 0.5) is 21.1 Å². The zero-order valence-electron chi connectivity index (χ0n) is 31.7. The van der Waals surface area contributed by atoms with Crippen molar-refractivity contribution in [3.63, 3.8) is 0 Å². The number of carbonyl (C=O) groups is 2. The molecule has 2 saturated heterocycles. The fraction of sp³-hybridized carbons (Fsp3) is 0.564. The quantitative estimate of drug-likeness (QED) is 0.135. The van der Waals surface area contributed by atoms with Crippen molar-refractivity contribution in [2.45, 2.75) is 82.8 Å². The number of amides is 2. The van der Waals surface area contributed by atoms with Crippen molar-refractivity contribution in [1.82, 2.24) is 25.1 Å². The third-order valence-electron chi connectivity index (χ3n) is 10.7. The molecule has 54 heavy (non-hydrogen) atoms. The van der Waals surface area contributed by atoms with Crippen LogP contribution in [0.15, 0.2) is 36.4 Å². The highest BCUT2D eigenvalue weighted by atomic mass is 35.5. The van der Waals surface area contributed by atoms with Crippen molar-refractivity contribution in [1.29, 1.82) is 5.26 Å². The van der Waals surface area contributed by atoms with Gasteiger partial charge in [-0.15, -0.1) is 0 Å². The number of benzene rings is 2. The minimum absolute atomic E-state index is 0.103. The normalized spacial score (nSPS) is 19.1. The summed E-state index contributed by atoms with van der Waals surface area (Å²) in [6.07, 6.45) is 3.36. The topological polar surface area (TPSA) is 147 Å². The summed E-state index contributed by atoms with van der Waals surface area (Å²) in [5.41, 5.74) is 2.95. The second-order valence-electron chi connectivity index (χ2n) is 15.7. The van der Waals surface area contributed by atoms with Crippen LogP contribution < -0.4 is 19.9 Å². The van der Waals surface area contributed by atoms with Gasteiger partial charge in [0, 0.05) is 63.5 Å². The molecule has 2 fully saturated rings. The molecule has 15 heteroatoms. The van der Waals surface area contributed by atoms with E-state index in [1.807, 2.05) is 12.1 Å². The molecule has 0 unspecified atom stereocenters. The van der Waals surface area contributed by atoms with Crippen molar-refractivity contribution in [2.24, 2.45) is 0 Å². The number of nitriles is 1. The fourth-order valence-electron chi connectivity index (χ4n) is 7.72. The van der Waals surface area contributed by atoms with Gasteiger partial charge in [0.1, 0.15) is 12.4 Å². The van der Waals surface area contributed by atoms with Crippen molar-refractivity contribution < 1.29 is 24.2 Å². The van der Waals surface area contributed by atoms with Gasteiger partial charge in [0.05, 0.1) is 42.4 Å². The Hall–Kier alpha value is -4.32. The highest BCUT2D eigenvalue weighted by molar-refractivity contribution is 6.76. The number of aromatic nitrogens is 2. The van der Waals surface area contributed by atoms with Gasteiger partial charge in [-0.25, -0.2) is 9.59 Å². The first-order chi connectivity index (χ1) is 26.0. The average molecular weight is 777 g/mol. The first-order valence-corrected chi connectivity index (χ1v) is 23.3. The molecule has 0 saturated carbocycles. The maximum Gasteiger partial charge on any atom is 0.407 e. The molecule has 2 N–H and O–H groups in total. The predicted octanol–water partition coefficient (Wildman–Crippen LogP) is 6.62. The van der Waals surface area contributed by atoms with Crippen LogP contribution in [0.25, 0.3) is 10.8 Å². The largest absolute Gasteiger partial charge is 0.465 e. The first kappa shape index (κ1) is 39.4. The number of carbonyl (C=O) groups excluding carboxylic acids is 1. The van der Waals surface area contributed by atoms with E-state index in [1.165, 1.54) is 4.90 Å². The number of unbranched alkanes of at least 4 members (excludes halogenated alkanes) is 1. The summed E-state index contributed by atoms with van der Waals surface area (Å²) in [4.78, 5) is 42.3. The molecule has 0 radical (unpaired) electrons. The van der Waals surface area contributed by atoms with E-state index in [1.54, 1.807) is 0 Å². The van der Waals surface area contributed by atoms with Gasteiger partial charge in [-0.3, -0.25) is 4.90 Å². The molecule has 0 spiro atoms. The van der Waals surface area contributed by atoms with E-state index < -0.39 is 20.2 Å². The van der Waals surface area contributed by atoms with Gasteiger partial charge in [0.15, 0.2) is 0 Å². The lowest BCUT2D eigenvalue weighted by Gasteiger charge is -2.41. The summed E-state index contributed by atoms with van der Waals surface area (Å²) in [5.74, 6) is 0.758. The molecule has 3 aliphatic heterocycles. The lowest BCUT2D eigenvalue weighted by atomic mass is 10.0. The summed E-state index contributed by atoms with van der Waals surface area (Å²) in [5, 5.41) is 25.0. The number of piperazine rings is 1. The number of halogens is 1. The van der Waals surface area contributed by atoms with Gasteiger partial charge in [-0.1, -0.05) is 55.5 Å². The Morgan fingerprint density at radius 3 is 2.65 bits per heavy atom. The van der Waals surface area contributed by atoms with Crippen LogP contribution in [0.1, 0.15) is 43.4 Å². The third kappa shape index (κ3) is 9.85. The Kier molecular flexibility index (Phi) is 13.0. The van der Waals surface area contributed by atoms with Crippen LogP contribution in [0.2, 0.25) is 30.7 Å². The highest BCUT2D eigenvalue weighted by Gasteiger charge is 2.34. The number of rotatable bonds is 14. The molecule has 4 heterocycles. The lowest BCUT2D eigenvalue weighted by Crippen LogP contribution is -2.55. The predicted molar refractivity (Wildman–Crippen MR) is 214 cm³/mol. The first-order valence-electron chi connectivity index (χ1n) is 19.2. The van der Waals surface area contributed by atoms with E-state index in [-0.39, 0.29) is 25.1 Å². The number of carboxylic acid groups (broad SMARTS) is 1. The van der Waals surface area contributed by atoms with Crippen LogP contribution >= 0.6 is 11.6 Å². The van der Waals surface area contributed by atoms with E-state index >= 15 is 0 Å². The molecule has 3 aromatic rings. The molecule has 6 rings (SSSR count). The minimum atomic E-state index is -1.24. The van der Waals surface area contributed by atoms with E-state index in [0.717, 1.165) is 84.9 Å². The molecule has 2 atom stereocenters. The zero-order chi connectivity index (χ0) is 38.2. The summed E-state index contributed by atoms with van der Waals surface area (Å²) in [6.45, 7) is 12.6. The van der Waals surface area contributed by atoms with Crippen LogP contribution in [-0.4, -0.2) is 116 Å². The number of fused-ring (bicyclic) bond motifs is 2. The van der Waals surface area contributed by atoms with Gasteiger partial charge >= 0.3 is 18.2 Å². The second-order valence-corrected chi connectivity index (χ2v) is 21.7. The van der Waals surface area contributed by atoms with Crippen molar-refractivity contribution >= 4 is 54.1 Å². The van der Waals surface area contributed by atoms with Crippen molar-refractivity contribution in [3.05, 3.63) is 52.7 Å². The summed E-state index contributed by atoms with van der Waals surface area (Å²) >= 11 is 6.74. The number of hydrogen-bond donors (Lipinski definition) is 2. The number of nitrogens with one attached hydrogen (secondary N) is 1. The van der Waals surface area contributed by atoms with Gasteiger partial charge in [0.25, 0.3) is 0 Å². The maximum atomic E-state index is 12.1. The Morgan fingerprint density at radius 2 is 1.87 bits per heavy atom. The zero-order valence-corrected chi connectivity index (χ0v) is 33.5. The monoisotopic (exact) mass is 776 g/mol. The minimum Gasteiger partial charge on any atom is -0.465 e. The third-order valence-corrected chi connectivity index (χ3v) is 12.7. The van der Waals surface area contributed by atoms with Gasteiger partial charge in [0.2, 0.25) is 0 Å². The second kappa shape index (κ2) is 17.9. The lowest BCUT2D eigenvalue weighted by molar-refractivity contribution is 0.118. The molecule has 2 aromatic carbocycles. The van der Waals surface area contributed by atoms with E-state index in [4.69, 9.17) is 31.0 Å². The van der Waals surface area contributed by atoms with Gasteiger partial charge < -0.3 is 34.6 Å². The standard InChI is InChI=1S/C39H53ClN8O5Si/c1-54(2,3)24-23-52-38(49)42-17-4-5-18-45-19-8-11-30(45)27-53-37-43-33-26-46(34-13-7-10-28-9-6-12-32(40)35(28)34)20-15-31(33)36(44-37)47-21-22-48(39(50)51)29(25-47)14-16-41/h6-7,9-10,12-13,29-30H,4-5,8,11,14-15,17-27H2,1-3H3,(H,42,49)(H,50,51)/t29-,30-/m0/s1. The van der Waals surface area contributed by atoms with Crippen LogP contribution in [0.3, 0.4) is 0 Å². The number of likely N-dealkylation sites (tertiary alicyclic amines) is 1. The van der Waals surface area contributed by atoms with Crippen molar-refractivity contribution in [3.8, 4) is 12.1 Å². The van der Waals surface area contributed by atoms with Crippen LogP contribution in [0, 0.1) is 11.3 Å². The molecular formula is C39H53ClN8O5Si. The van der Waals surface area contributed by atoms with E-state index in [2.05, 4.69) is 70.0 Å². The van der Waals surface area contributed by atoms with Crippen molar-refractivity contribution in [2.75, 3.05) is 68.8 Å². The molecule has 0 aliphatic carbocycles. The van der Waals surface area contributed by atoms with Crippen LogP contribution in [-0.2, 0) is 17.7 Å². The summed E-state index contributed by atoms with van der Waals surface area (Å²) < 4.78 is 11.8. The Balaban J connectivity index is 1.14. The highest BCUT2D eigenvalue weighted by Crippen LogP contribution is 2.37. The average Bonchev–Trinajstić information content (AvgIpc) is 3.59. The SMILES string of the molecule is C[Si](C)(C)CCOC(=O)NCCCCN1CCC[C@H]1COc1nc2c(c(N3CCN(C(=O)O)[C@@H](CC#N)C3)n1)CCN(c1cccc3cccc(Cl)c13)C2. The number of alkyl carbamates (subject to hydrolysis) is 1. The van der Waals surface area contributed by atoms with E-state index in [0.29, 0.717) is 56.8 Å². The maximum absolute atomic E-state index is 12.1. The summed E-state index contributed by atoms with van der Waals surface area (Å²) in [7, 11) is -1.24.